The van der Waals surface area contributed by atoms with Gasteiger partial charge in [0.2, 0.25) is 0 Å². The predicted octanol–water partition coefficient (Wildman–Crippen LogP) is 22.7. The van der Waals surface area contributed by atoms with E-state index in [-0.39, 0.29) is 25.7 Å². The number of hydrogen-bond donors (Lipinski definition) is 3. The molecule has 0 fully saturated rings. The topological polar surface area (TPSA) is 237 Å². The van der Waals surface area contributed by atoms with Crippen molar-refractivity contribution >= 4 is 39.5 Å². The molecule has 0 radical (unpaired) electrons. The average molecular weight is 1410 g/mol. The molecular formula is C77H150O17P2. The molecule has 0 aliphatic carbocycles. The van der Waals surface area contributed by atoms with Crippen LogP contribution < -0.4 is 0 Å². The van der Waals surface area contributed by atoms with Gasteiger partial charge in [0.05, 0.1) is 26.4 Å². The first-order valence-electron chi connectivity index (χ1n) is 40.0. The van der Waals surface area contributed by atoms with E-state index >= 15 is 0 Å². The molecule has 0 aliphatic rings. The summed E-state index contributed by atoms with van der Waals surface area (Å²) in [5, 5.41) is 10.6. The zero-order valence-electron chi connectivity index (χ0n) is 62.7. The molecule has 19 heteroatoms. The molecule has 3 unspecified atom stereocenters. The fraction of sp³-hybridized carbons (Fsp3) is 0.948. The molecule has 0 aromatic rings. The van der Waals surface area contributed by atoms with Crippen molar-refractivity contribution in [3.05, 3.63) is 0 Å². The van der Waals surface area contributed by atoms with Crippen LogP contribution in [0.25, 0.3) is 0 Å². The number of phosphoric acid groups is 2. The van der Waals surface area contributed by atoms with Gasteiger partial charge in [0, 0.05) is 25.7 Å². The van der Waals surface area contributed by atoms with Gasteiger partial charge in [-0.1, -0.05) is 350 Å². The van der Waals surface area contributed by atoms with Gasteiger partial charge in [-0.15, -0.1) is 0 Å². The van der Waals surface area contributed by atoms with Crippen LogP contribution in [0.15, 0.2) is 0 Å². The molecule has 0 bridgehead atoms. The molecule has 0 saturated heterocycles. The zero-order chi connectivity index (χ0) is 70.7. The van der Waals surface area contributed by atoms with Gasteiger partial charge in [-0.25, -0.2) is 9.13 Å². The lowest BCUT2D eigenvalue weighted by Crippen LogP contribution is -2.30. The molecule has 0 spiro atoms. The van der Waals surface area contributed by atoms with Crippen LogP contribution in [0.4, 0.5) is 0 Å². The molecule has 0 saturated carbocycles. The fourth-order valence-corrected chi connectivity index (χ4v) is 13.4. The normalized spacial score (nSPS) is 14.3. The number of hydrogen-bond acceptors (Lipinski definition) is 15. The quantitative estimate of drug-likeness (QED) is 0.0222. The molecule has 570 valence electrons. The Morgan fingerprint density at radius 1 is 0.302 bits per heavy atom. The van der Waals surface area contributed by atoms with Crippen LogP contribution in [0.2, 0.25) is 0 Å². The summed E-state index contributed by atoms with van der Waals surface area (Å²) >= 11 is 0. The Kier molecular flexibility index (Phi) is 67.4. The Morgan fingerprint density at radius 3 is 0.792 bits per heavy atom. The number of ether oxygens (including phenoxy) is 4. The summed E-state index contributed by atoms with van der Waals surface area (Å²) in [6.07, 6.45) is 57.2. The molecule has 0 rings (SSSR count). The Morgan fingerprint density at radius 2 is 0.531 bits per heavy atom. The SMILES string of the molecule is CCCCCCCCCCCCCCCCCCCC(=O)OC[C@H](COP(=O)(O)OC[C@@H](O)COP(=O)(O)OC[C@@H](COC(=O)CCCCCCC)OC(=O)CCCCCCCCCCCCCCCC(C)C)OC(=O)CCCCCCCCCCCCCCCCC(C)CC. The Bertz CT molecular complexity index is 1860. The highest BCUT2D eigenvalue weighted by Gasteiger charge is 2.30. The van der Waals surface area contributed by atoms with E-state index in [9.17, 15) is 43.2 Å². The van der Waals surface area contributed by atoms with Gasteiger partial charge in [-0.2, -0.15) is 0 Å². The number of aliphatic hydroxyl groups is 1. The molecule has 3 N–H and O–H groups in total. The number of carbonyl (C=O) groups excluding carboxylic acids is 4. The Labute approximate surface area is 588 Å². The lowest BCUT2D eigenvalue weighted by molar-refractivity contribution is -0.161. The standard InChI is InChI=1S/C77H150O17P2/c1-7-10-12-14-15-16-17-18-19-20-21-27-32-37-42-48-54-60-75(80)88-66-73(94-77(82)62-55-49-43-38-33-28-23-22-26-31-36-41-47-52-58-70(6)9-3)68-92-96(85,86)90-64-71(78)63-89-95(83,84)91-67-72(65-87-74(79)59-53-45-13-11-8-2)93-76(81)61-56-50-44-39-34-29-24-25-30-35-40-46-51-57-69(4)5/h69-73,78H,7-68H2,1-6H3,(H,83,84)(H,85,86)/t70?,71-,72+,73+/m0/s1. The maximum absolute atomic E-state index is 13.1. The third-order valence-corrected chi connectivity index (χ3v) is 20.2. The summed E-state index contributed by atoms with van der Waals surface area (Å²) < 4.78 is 68.4. The summed E-state index contributed by atoms with van der Waals surface area (Å²) in [4.78, 5) is 72.6. The second-order valence-corrected chi connectivity index (χ2v) is 31.4. The van der Waals surface area contributed by atoms with Gasteiger partial charge in [-0.3, -0.25) is 37.3 Å². The first kappa shape index (κ1) is 94.1. The van der Waals surface area contributed by atoms with Crippen LogP contribution in [0.5, 0.6) is 0 Å². The highest BCUT2D eigenvalue weighted by molar-refractivity contribution is 7.47. The van der Waals surface area contributed by atoms with Crippen molar-refractivity contribution in [1.29, 1.82) is 0 Å². The van der Waals surface area contributed by atoms with Crippen LogP contribution in [0.1, 0.15) is 401 Å². The molecule has 0 aromatic carbocycles. The molecule has 17 nitrogen and oxygen atoms in total. The zero-order valence-corrected chi connectivity index (χ0v) is 64.5. The highest BCUT2D eigenvalue weighted by Crippen LogP contribution is 2.45. The van der Waals surface area contributed by atoms with E-state index in [4.69, 9.17) is 37.0 Å². The van der Waals surface area contributed by atoms with Crippen molar-refractivity contribution < 1.29 is 80.2 Å². The molecule has 0 aromatic heterocycles. The van der Waals surface area contributed by atoms with E-state index in [1.54, 1.807) is 0 Å². The minimum atomic E-state index is -4.96. The third kappa shape index (κ3) is 69.2. The van der Waals surface area contributed by atoms with Crippen molar-refractivity contribution in [1.82, 2.24) is 0 Å². The number of carbonyl (C=O) groups is 4. The summed E-state index contributed by atoms with van der Waals surface area (Å²) in [7, 11) is -9.90. The lowest BCUT2D eigenvalue weighted by Gasteiger charge is -2.21. The van der Waals surface area contributed by atoms with Crippen molar-refractivity contribution in [3.63, 3.8) is 0 Å². The number of esters is 4. The minimum Gasteiger partial charge on any atom is -0.462 e. The number of unbranched alkanes of at least 4 members (excludes halogenated alkanes) is 45. The van der Waals surface area contributed by atoms with Crippen molar-refractivity contribution in [2.75, 3.05) is 39.6 Å². The largest absolute Gasteiger partial charge is 0.472 e. The van der Waals surface area contributed by atoms with Crippen LogP contribution in [-0.4, -0.2) is 96.7 Å². The van der Waals surface area contributed by atoms with E-state index in [1.165, 1.54) is 212 Å². The number of phosphoric ester groups is 2. The first-order chi connectivity index (χ1) is 46.4. The maximum atomic E-state index is 13.1. The molecule has 0 heterocycles. The van der Waals surface area contributed by atoms with E-state index in [0.29, 0.717) is 25.7 Å². The van der Waals surface area contributed by atoms with Gasteiger partial charge in [-0.05, 0) is 37.5 Å². The molecule has 0 amide bonds. The van der Waals surface area contributed by atoms with Crippen molar-refractivity contribution in [2.24, 2.45) is 11.8 Å². The molecule has 0 aliphatic heterocycles. The molecule has 96 heavy (non-hydrogen) atoms. The van der Waals surface area contributed by atoms with Gasteiger partial charge in [0.1, 0.15) is 19.3 Å². The van der Waals surface area contributed by atoms with Crippen LogP contribution >= 0.6 is 15.6 Å². The highest BCUT2D eigenvalue weighted by atomic mass is 31.2. The van der Waals surface area contributed by atoms with E-state index in [2.05, 4.69) is 41.5 Å². The summed E-state index contributed by atoms with van der Waals surface area (Å²) in [5.74, 6) is -0.492. The summed E-state index contributed by atoms with van der Waals surface area (Å²) in [6.45, 7) is 9.59. The second-order valence-electron chi connectivity index (χ2n) is 28.5. The van der Waals surface area contributed by atoms with E-state index in [1.807, 2.05) is 0 Å². The first-order valence-corrected chi connectivity index (χ1v) is 43.0. The van der Waals surface area contributed by atoms with Crippen molar-refractivity contribution in [2.45, 2.75) is 419 Å². The maximum Gasteiger partial charge on any atom is 0.472 e. The monoisotopic (exact) mass is 1410 g/mol. The third-order valence-electron chi connectivity index (χ3n) is 18.3. The molecule has 6 atom stereocenters. The van der Waals surface area contributed by atoms with Gasteiger partial charge < -0.3 is 33.8 Å². The van der Waals surface area contributed by atoms with Crippen LogP contribution in [-0.2, 0) is 65.4 Å². The van der Waals surface area contributed by atoms with Crippen molar-refractivity contribution in [3.8, 4) is 0 Å². The van der Waals surface area contributed by atoms with E-state index in [0.717, 1.165) is 108 Å². The van der Waals surface area contributed by atoms with Crippen LogP contribution in [0.3, 0.4) is 0 Å². The lowest BCUT2D eigenvalue weighted by atomic mass is 9.99. The second kappa shape index (κ2) is 68.8. The van der Waals surface area contributed by atoms with Gasteiger partial charge >= 0.3 is 39.5 Å². The summed E-state index contributed by atoms with van der Waals surface area (Å²) in [5.41, 5.74) is 0. The average Bonchev–Trinajstić information content (AvgIpc) is 1.18. The smallest absolute Gasteiger partial charge is 0.462 e. The summed E-state index contributed by atoms with van der Waals surface area (Å²) in [6, 6.07) is 0. The van der Waals surface area contributed by atoms with E-state index < -0.39 is 97.5 Å². The molecular weight excluding hydrogens is 1260 g/mol. The Hall–Kier alpha value is -1.94. The predicted molar refractivity (Wildman–Crippen MR) is 391 cm³/mol. The van der Waals surface area contributed by atoms with Gasteiger partial charge in [0.15, 0.2) is 12.2 Å². The number of aliphatic hydroxyl groups excluding tert-OH is 1. The van der Waals surface area contributed by atoms with Crippen LogP contribution in [0, 0.1) is 11.8 Å². The van der Waals surface area contributed by atoms with Gasteiger partial charge in [0.25, 0.3) is 0 Å². The Balaban J connectivity index is 5.14. The number of rotatable bonds is 76. The fourth-order valence-electron chi connectivity index (χ4n) is 11.8. The minimum absolute atomic E-state index is 0.106.